The molecular weight excluding hydrogens is 449 g/mol. The molecule has 3 aromatic heterocycles. The number of aliphatic hydroxyl groups is 3. The van der Waals surface area contributed by atoms with Crippen LogP contribution in [0.2, 0.25) is 0 Å². The zero-order valence-electron chi connectivity index (χ0n) is 19.1. The van der Waals surface area contributed by atoms with Gasteiger partial charge in [-0.3, -0.25) is 4.57 Å². The summed E-state index contributed by atoms with van der Waals surface area (Å²) in [4.78, 5) is 13.6. The van der Waals surface area contributed by atoms with Crippen LogP contribution in [0.15, 0.2) is 79.0 Å². The minimum absolute atomic E-state index is 0.0990. The molecule has 0 aliphatic carbocycles. The molecule has 5 N–H and O–H groups in total. The van der Waals surface area contributed by atoms with Gasteiger partial charge in [-0.15, -0.1) is 0 Å². The summed E-state index contributed by atoms with van der Waals surface area (Å²) in [5.74, 6) is -2.54. The lowest BCUT2D eigenvalue weighted by Gasteiger charge is -2.15. The molecule has 0 aliphatic rings. The largest absolute Gasteiger partial charge is 0.383 e. The molecule has 5 aromatic rings. The standard InChI is InChI=1S/C24H18FN5O3.C2H6/c25-16-7-3-14(4-8-16)19-11-12-20-23(28-19)30(17-9-5-15(6-10-17)24(31,32)33)22(29-20)18-2-1-13-27-21(18)26;1-2/h1-13,31-33H,(H2,26,27);1-2H3. The molecule has 0 aliphatic heterocycles. The Balaban J connectivity index is 0.00000141. The second kappa shape index (κ2) is 9.59. The fourth-order valence-electron chi connectivity index (χ4n) is 3.60. The lowest BCUT2D eigenvalue weighted by atomic mass is 10.1. The van der Waals surface area contributed by atoms with Gasteiger partial charge in [-0.2, -0.15) is 0 Å². The van der Waals surface area contributed by atoms with Crippen molar-refractivity contribution in [2.75, 3.05) is 5.73 Å². The van der Waals surface area contributed by atoms with Gasteiger partial charge in [0, 0.05) is 23.0 Å². The van der Waals surface area contributed by atoms with E-state index in [0.717, 1.165) is 5.56 Å². The Kier molecular flexibility index (Phi) is 6.57. The smallest absolute Gasteiger partial charge is 0.304 e. The van der Waals surface area contributed by atoms with Crippen LogP contribution in [-0.4, -0.2) is 34.8 Å². The first-order valence-electron chi connectivity index (χ1n) is 11.0. The maximum absolute atomic E-state index is 13.4. The van der Waals surface area contributed by atoms with Crippen LogP contribution in [-0.2, 0) is 5.97 Å². The van der Waals surface area contributed by atoms with Gasteiger partial charge in [0.15, 0.2) is 11.5 Å². The molecule has 5 rings (SSSR count). The van der Waals surface area contributed by atoms with Crippen molar-refractivity contribution in [3.8, 4) is 28.3 Å². The highest BCUT2D eigenvalue weighted by molar-refractivity contribution is 5.84. The highest BCUT2D eigenvalue weighted by Gasteiger charge is 2.23. The average molecular weight is 474 g/mol. The molecule has 0 saturated heterocycles. The summed E-state index contributed by atoms with van der Waals surface area (Å²) in [5.41, 5.74) is 9.64. The van der Waals surface area contributed by atoms with Gasteiger partial charge in [-0.05, 0) is 72.8 Å². The Morgan fingerprint density at radius 3 is 2.17 bits per heavy atom. The number of hydrogen-bond acceptors (Lipinski definition) is 7. The molecule has 9 heteroatoms. The number of hydrogen-bond donors (Lipinski definition) is 4. The van der Waals surface area contributed by atoms with Gasteiger partial charge in [-0.25, -0.2) is 19.3 Å². The molecule has 3 heterocycles. The number of fused-ring (bicyclic) bond motifs is 1. The van der Waals surface area contributed by atoms with Gasteiger partial charge in [0.05, 0.1) is 11.3 Å². The number of nitrogen functional groups attached to an aromatic ring is 1. The summed E-state index contributed by atoms with van der Waals surface area (Å²) in [5, 5.41) is 28.4. The summed E-state index contributed by atoms with van der Waals surface area (Å²) in [7, 11) is 0. The molecule has 0 radical (unpaired) electrons. The summed E-state index contributed by atoms with van der Waals surface area (Å²) in [6, 6.07) is 19.1. The van der Waals surface area contributed by atoms with Crippen molar-refractivity contribution in [2.24, 2.45) is 0 Å². The van der Waals surface area contributed by atoms with Crippen LogP contribution in [0.25, 0.3) is 39.5 Å². The molecule has 0 atom stereocenters. The summed E-state index contributed by atoms with van der Waals surface area (Å²) in [6.07, 6.45) is 1.58. The Morgan fingerprint density at radius 2 is 1.54 bits per heavy atom. The molecule has 35 heavy (non-hydrogen) atoms. The number of nitrogens with zero attached hydrogens (tertiary/aromatic N) is 4. The number of imidazole rings is 1. The molecule has 0 amide bonds. The monoisotopic (exact) mass is 473 g/mol. The number of aromatic nitrogens is 4. The topological polar surface area (TPSA) is 130 Å². The van der Waals surface area contributed by atoms with Gasteiger partial charge >= 0.3 is 5.97 Å². The number of benzene rings is 2. The third kappa shape index (κ3) is 4.73. The molecule has 0 unspecified atom stereocenters. The highest BCUT2D eigenvalue weighted by Crippen LogP contribution is 2.32. The fraction of sp³-hybridized carbons (Fsp3) is 0.115. The van der Waals surface area contributed by atoms with E-state index in [4.69, 9.17) is 15.7 Å². The maximum atomic E-state index is 13.4. The molecule has 8 nitrogen and oxygen atoms in total. The zero-order chi connectivity index (χ0) is 25.2. The quantitative estimate of drug-likeness (QED) is 0.290. The number of nitrogens with two attached hydrogens (primary N) is 1. The van der Waals surface area contributed by atoms with Crippen LogP contribution < -0.4 is 5.73 Å². The summed E-state index contributed by atoms with van der Waals surface area (Å²) in [6.45, 7) is 4.00. The van der Waals surface area contributed by atoms with Crippen LogP contribution in [0.4, 0.5) is 10.2 Å². The fourth-order valence-corrected chi connectivity index (χ4v) is 3.60. The lowest BCUT2D eigenvalue weighted by molar-refractivity contribution is -0.323. The van der Waals surface area contributed by atoms with Gasteiger partial charge < -0.3 is 21.1 Å². The third-order valence-corrected chi connectivity index (χ3v) is 5.24. The van der Waals surface area contributed by atoms with E-state index >= 15 is 0 Å². The Hall–Kier alpha value is -4.18. The zero-order valence-corrected chi connectivity index (χ0v) is 19.1. The first-order valence-corrected chi connectivity index (χ1v) is 11.0. The second-order valence-corrected chi connectivity index (χ2v) is 7.44. The van der Waals surface area contributed by atoms with E-state index in [-0.39, 0.29) is 17.2 Å². The Bertz CT molecular complexity index is 1460. The lowest BCUT2D eigenvalue weighted by Crippen LogP contribution is -2.23. The van der Waals surface area contributed by atoms with Crippen molar-refractivity contribution in [3.63, 3.8) is 0 Å². The first-order chi connectivity index (χ1) is 16.8. The van der Waals surface area contributed by atoms with Crippen molar-refractivity contribution >= 4 is 17.0 Å². The van der Waals surface area contributed by atoms with Gasteiger partial charge in [0.25, 0.3) is 0 Å². The minimum Gasteiger partial charge on any atom is -0.383 e. The van der Waals surface area contributed by atoms with E-state index in [2.05, 4.69) is 4.98 Å². The predicted molar refractivity (Wildman–Crippen MR) is 132 cm³/mol. The summed E-state index contributed by atoms with van der Waals surface area (Å²) < 4.78 is 15.1. The van der Waals surface area contributed by atoms with Crippen LogP contribution in [0, 0.1) is 5.82 Å². The van der Waals surface area contributed by atoms with E-state index in [1.54, 1.807) is 53.2 Å². The van der Waals surface area contributed by atoms with E-state index < -0.39 is 5.97 Å². The van der Waals surface area contributed by atoms with Crippen LogP contribution in [0.1, 0.15) is 19.4 Å². The first kappa shape index (κ1) is 24.0. The van der Waals surface area contributed by atoms with Crippen molar-refractivity contribution in [1.29, 1.82) is 0 Å². The number of anilines is 1. The van der Waals surface area contributed by atoms with Crippen LogP contribution in [0.5, 0.6) is 0 Å². The van der Waals surface area contributed by atoms with Crippen molar-refractivity contribution in [3.05, 3.63) is 90.4 Å². The van der Waals surface area contributed by atoms with Gasteiger partial charge in [0.2, 0.25) is 0 Å². The number of halogens is 1. The molecular formula is C26H24FN5O3. The third-order valence-electron chi connectivity index (χ3n) is 5.24. The molecule has 0 saturated carbocycles. The normalized spacial score (nSPS) is 11.3. The van der Waals surface area contributed by atoms with Crippen LogP contribution >= 0.6 is 0 Å². The van der Waals surface area contributed by atoms with Gasteiger partial charge in [0.1, 0.15) is 17.2 Å². The summed E-state index contributed by atoms with van der Waals surface area (Å²) >= 11 is 0. The Morgan fingerprint density at radius 1 is 0.857 bits per heavy atom. The van der Waals surface area contributed by atoms with Crippen molar-refractivity contribution < 1.29 is 19.7 Å². The molecule has 0 fully saturated rings. The van der Waals surface area contributed by atoms with Crippen molar-refractivity contribution in [1.82, 2.24) is 19.5 Å². The highest BCUT2D eigenvalue weighted by atomic mass is 19.1. The minimum atomic E-state index is -2.96. The van der Waals surface area contributed by atoms with Gasteiger partial charge in [-0.1, -0.05) is 13.8 Å². The maximum Gasteiger partial charge on any atom is 0.304 e. The number of rotatable bonds is 4. The molecule has 0 spiro atoms. The van der Waals surface area contributed by atoms with E-state index in [9.17, 15) is 19.7 Å². The molecule has 0 bridgehead atoms. The molecule has 2 aromatic carbocycles. The second-order valence-electron chi connectivity index (χ2n) is 7.44. The Labute approximate surface area is 200 Å². The number of pyridine rings is 2. The predicted octanol–water partition coefficient (Wildman–Crippen LogP) is 3.98. The van der Waals surface area contributed by atoms with E-state index in [1.165, 1.54) is 24.3 Å². The van der Waals surface area contributed by atoms with E-state index in [0.29, 0.717) is 33.9 Å². The van der Waals surface area contributed by atoms with Crippen molar-refractivity contribution in [2.45, 2.75) is 19.8 Å². The van der Waals surface area contributed by atoms with Crippen LogP contribution in [0.3, 0.4) is 0 Å². The average Bonchev–Trinajstić information content (AvgIpc) is 3.24. The SMILES string of the molecule is CC.Nc1ncccc1-c1nc2ccc(-c3ccc(F)cc3)nc2n1-c1ccc(C(O)(O)O)cc1. The van der Waals surface area contributed by atoms with E-state index in [1.807, 2.05) is 19.9 Å². The molecule has 178 valence electrons.